The monoisotopic (exact) mass is 309 g/mol. The van der Waals surface area contributed by atoms with Gasteiger partial charge in [0, 0.05) is 0 Å². The smallest absolute Gasteiger partial charge is 0.0761 e. The molecule has 0 bridgehead atoms. The first-order chi connectivity index (χ1) is 8.11. The average molecular weight is 311 g/mol. The zero-order chi connectivity index (χ0) is 12.4. The lowest BCUT2D eigenvalue weighted by Crippen LogP contribution is -2.32. The van der Waals surface area contributed by atoms with Gasteiger partial charge in [0.05, 0.1) is 22.2 Å². The van der Waals surface area contributed by atoms with Crippen LogP contribution in [0.3, 0.4) is 0 Å². The summed E-state index contributed by atoms with van der Waals surface area (Å²) in [5.74, 6) is 0.292. The van der Waals surface area contributed by atoms with Crippen LogP contribution in [0.4, 0.5) is 0 Å². The molecule has 1 fully saturated rings. The van der Waals surface area contributed by atoms with Crippen LogP contribution in [0.25, 0.3) is 0 Å². The molecule has 0 saturated heterocycles. The van der Waals surface area contributed by atoms with E-state index in [9.17, 15) is 5.11 Å². The lowest BCUT2D eigenvalue weighted by atomic mass is 9.91. The van der Waals surface area contributed by atoms with E-state index in [1.165, 1.54) is 12.8 Å². The Hall–Kier alpha value is 0.01000. The molecule has 5 heteroatoms. The molecule has 2 atom stereocenters. The first-order valence-corrected chi connectivity index (χ1v) is 6.74. The first kappa shape index (κ1) is 16.1. The van der Waals surface area contributed by atoms with E-state index >= 15 is 0 Å². The first-order valence-electron chi connectivity index (χ1n) is 5.99. The number of nitrogens with two attached hydrogens (primary N) is 1. The van der Waals surface area contributed by atoms with Crippen LogP contribution in [-0.2, 0) is 0 Å². The molecular weight excluding hydrogens is 293 g/mol. The fourth-order valence-corrected chi connectivity index (χ4v) is 2.99. The summed E-state index contributed by atoms with van der Waals surface area (Å²) in [6, 6.07) is 4.91. The molecular formula is C13H18Cl3NO. The Labute approximate surface area is 124 Å². The number of aliphatic hydroxyl groups is 1. The maximum Gasteiger partial charge on any atom is 0.0761 e. The molecule has 3 N–H and O–H groups in total. The number of benzene rings is 1. The maximum absolute atomic E-state index is 10.3. The highest BCUT2D eigenvalue weighted by atomic mass is 35.5. The molecule has 0 aliphatic heterocycles. The molecule has 2 rings (SSSR count). The molecule has 1 aromatic carbocycles. The summed E-state index contributed by atoms with van der Waals surface area (Å²) in [4.78, 5) is 0. The van der Waals surface area contributed by atoms with Gasteiger partial charge in [-0.05, 0) is 30.4 Å². The minimum absolute atomic E-state index is 0. The predicted molar refractivity (Wildman–Crippen MR) is 78.6 cm³/mol. The third-order valence-electron chi connectivity index (χ3n) is 3.59. The normalized spacial score (nSPS) is 19.3. The third kappa shape index (κ3) is 3.31. The molecule has 0 spiro atoms. The van der Waals surface area contributed by atoms with Crippen molar-refractivity contribution in [2.24, 2.45) is 11.7 Å². The van der Waals surface area contributed by atoms with Crippen LogP contribution in [0.15, 0.2) is 18.2 Å². The molecule has 1 aliphatic rings. The van der Waals surface area contributed by atoms with Crippen molar-refractivity contribution in [2.75, 3.05) is 0 Å². The molecule has 1 aliphatic carbocycles. The van der Waals surface area contributed by atoms with Crippen LogP contribution in [-0.4, -0.2) is 11.2 Å². The van der Waals surface area contributed by atoms with E-state index in [-0.39, 0.29) is 12.4 Å². The van der Waals surface area contributed by atoms with Gasteiger partial charge in [0.2, 0.25) is 0 Å². The van der Waals surface area contributed by atoms with E-state index in [4.69, 9.17) is 28.9 Å². The molecule has 0 radical (unpaired) electrons. The minimum atomic E-state index is -0.534. The molecule has 0 unspecified atom stereocenters. The van der Waals surface area contributed by atoms with Gasteiger partial charge in [-0.3, -0.25) is 0 Å². The van der Waals surface area contributed by atoms with Gasteiger partial charge in [0.1, 0.15) is 0 Å². The predicted octanol–water partition coefficient (Wildman–Crippen LogP) is 3.97. The third-order valence-corrected chi connectivity index (χ3v) is 4.42. The Morgan fingerprint density at radius 3 is 2.44 bits per heavy atom. The second kappa shape index (κ2) is 6.97. The fourth-order valence-electron chi connectivity index (χ4n) is 2.55. The molecule has 1 aromatic rings. The van der Waals surface area contributed by atoms with E-state index in [2.05, 4.69) is 0 Å². The van der Waals surface area contributed by atoms with Crippen LogP contribution in [0.2, 0.25) is 10.0 Å². The summed E-state index contributed by atoms with van der Waals surface area (Å²) in [5, 5.41) is 11.2. The number of aliphatic hydroxyl groups excluding tert-OH is 1. The van der Waals surface area contributed by atoms with Crippen LogP contribution in [0.1, 0.15) is 37.3 Å². The molecule has 0 aromatic heterocycles. The Balaban J connectivity index is 0.00000162. The summed E-state index contributed by atoms with van der Waals surface area (Å²) in [6.45, 7) is 0. The number of hydrogen-bond donors (Lipinski definition) is 2. The van der Waals surface area contributed by atoms with Gasteiger partial charge in [-0.25, -0.2) is 0 Å². The fraction of sp³-hybridized carbons (Fsp3) is 0.538. The van der Waals surface area contributed by atoms with Crippen LogP contribution < -0.4 is 5.73 Å². The Bertz CT molecular complexity index is 394. The Kier molecular flexibility index (Phi) is 6.22. The molecule has 18 heavy (non-hydrogen) atoms. The van der Waals surface area contributed by atoms with Gasteiger partial charge < -0.3 is 10.8 Å². The molecule has 2 nitrogen and oxygen atoms in total. The van der Waals surface area contributed by atoms with Gasteiger partial charge in [0.25, 0.3) is 0 Å². The highest BCUT2D eigenvalue weighted by Crippen LogP contribution is 2.36. The van der Waals surface area contributed by atoms with E-state index in [0.29, 0.717) is 16.0 Å². The van der Waals surface area contributed by atoms with Crippen LogP contribution in [0, 0.1) is 5.92 Å². The van der Waals surface area contributed by atoms with Crippen LogP contribution in [0.5, 0.6) is 0 Å². The van der Waals surface area contributed by atoms with Gasteiger partial charge in [-0.1, -0.05) is 48.2 Å². The highest BCUT2D eigenvalue weighted by Gasteiger charge is 2.29. The van der Waals surface area contributed by atoms with E-state index in [0.717, 1.165) is 18.4 Å². The second-order valence-electron chi connectivity index (χ2n) is 4.70. The lowest BCUT2D eigenvalue weighted by Gasteiger charge is -2.25. The van der Waals surface area contributed by atoms with Crippen molar-refractivity contribution in [1.29, 1.82) is 0 Å². The topological polar surface area (TPSA) is 46.2 Å². The van der Waals surface area contributed by atoms with Crippen molar-refractivity contribution in [1.82, 2.24) is 0 Å². The Morgan fingerprint density at radius 1 is 1.22 bits per heavy atom. The maximum atomic E-state index is 10.3. The average Bonchev–Trinajstić information content (AvgIpc) is 2.84. The highest BCUT2D eigenvalue weighted by molar-refractivity contribution is 6.42. The summed E-state index contributed by atoms with van der Waals surface area (Å²) in [6.07, 6.45) is 3.92. The SMILES string of the molecule is Cl.N[C@@H](c1cccc(Cl)c1Cl)[C@H](O)C1CCCC1. The summed E-state index contributed by atoms with van der Waals surface area (Å²) < 4.78 is 0. The number of hydrogen-bond acceptors (Lipinski definition) is 2. The Morgan fingerprint density at radius 2 is 1.83 bits per heavy atom. The van der Waals surface area contributed by atoms with E-state index in [1.54, 1.807) is 6.07 Å². The molecule has 102 valence electrons. The quantitative estimate of drug-likeness (QED) is 0.887. The lowest BCUT2D eigenvalue weighted by molar-refractivity contribution is 0.0845. The van der Waals surface area contributed by atoms with E-state index < -0.39 is 12.1 Å². The van der Waals surface area contributed by atoms with Crippen molar-refractivity contribution in [3.63, 3.8) is 0 Å². The van der Waals surface area contributed by atoms with Crippen molar-refractivity contribution >= 4 is 35.6 Å². The van der Waals surface area contributed by atoms with Crippen molar-refractivity contribution in [3.8, 4) is 0 Å². The van der Waals surface area contributed by atoms with Crippen molar-refractivity contribution < 1.29 is 5.11 Å². The van der Waals surface area contributed by atoms with Gasteiger partial charge in [-0.2, -0.15) is 0 Å². The van der Waals surface area contributed by atoms with Gasteiger partial charge in [0.15, 0.2) is 0 Å². The second-order valence-corrected chi connectivity index (χ2v) is 5.49. The summed E-state index contributed by atoms with van der Waals surface area (Å²) in [5.41, 5.74) is 6.83. The van der Waals surface area contributed by atoms with Crippen molar-refractivity contribution in [2.45, 2.75) is 37.8 Å². The van der Waals surface area contributed by atoms with E-state index in [1.807, 2.05) is 12.1 Å². The summed E-state index contributed by atoms with van der Waals surface area (Å²) >= 11 is 12.1. The minimum Gasteiger partial charge on any atom is -0.391 e. The molecule has 1 saturated carbocycles. The standard InChI is InChI=1S/C13H17Cl2NO.ClH/c14-10-7-3-6-9(11(10)15)12(16)13(17)8-4-1-2-5-8;/h3,6-8,12-13,17H,1-2,4-5,16H2;1H/t12-,13+;/m0./s1. The van der Waals surface area contributed by atoms with Gasteiger partial charge in [-0.15, -0.1) is 12.4 Å². The largest absolute Gasteiger partial charge is 0.391 e. The number of rotatable bonds is 3. The summed E-state index contributed by atoms with van der Waals surface area (Å²) in [7, 11) is 0. The van der Waals surface area contributed by atoms with Gasteiger partial charge >= 0.3 is 0 Å². The zero-order valence-corrected chi connectivity index (χ0v) is 12.3. The molecule has 0 amide bonds. The molecule has 0 heterocycles. The van der Waals surface area contributed by atoms with Crippen molar-refractivity contribution in [3.05, 3.63) is 33.8 Å². The number of halogens is 3. The van der Waals surface area contributed by atoms with Crippen LogP contribution >= 0.6 is 35.6 Å². The zero-order valence-electron chi connectivity index (χ0n) is 9.98.